The highest BCUT2D eigenvalue weighted by Crippen LogP contribution is 2.34. The van der Waals surface area contributed by atoms with E-state index in [1.54, 1.807) is 6.07 Å². The number of phenols is 1. The van der Waals surface area contributed by atoms with Crippen LogP contribution in [0, 0.1) is 0 Å². The lowest BCUT2D eigenvalue weighted by Crippen LogP contribution is -2.33. The summed E-state index contributed by atoms with van der Waals surface area (Å²) in [6.45, 7) is 0.905. The van der Waals surface area contributed by atoms with Gasteiger partial charge in [0.05, 0.1) is 0 Å². The van der Waals surface area contributed by atoms with Crippen LogP contribution in [-0.4, -0.2) is 39.7 Å². The first-order chi connectivity index (χ1) is 14.6. The second-order valence-corrected chi connectivity index (χ2v) is 8.40. The summed E-state index contributed by atoms with van der Waals surface area (Å²) in [5, 5.41) is 23.2. The summed E-state index contributed by atoms with van der Waals surface area (Å²) < 4.78 is 4.60. The van der Waals surface area contributed by atoms with Crippen molar-refractivity contribution >= 4 is 34.4 Å². The van der Waals surface area contributed by atoms with Crippen LogP contribution in [0.4, 0.5) is 4.79 Å². The maximum atomic E-state index is 10.7. The van der Waals surface area contributed by atoms with Gasteiger partial charge in [-0.1, -0.05) is 36.4 Å². The van der Waals surface area contributed by atoms with Gasteiger partial charge < -0.3 is 25.3 Å². The largest absolute Gasteiger partial charge is 0.511 e. The zero-order chi connectivity index (χ0) is 20.9. The lowest BCUT2D eigenvalue weighted by atomic mass is 9.94. The van der Waals surface area contributed by atoms with Gasteiger partial charge in [-0.05, 0) is 41.4 Å². The third-order valence-corrected chi connectivity index (χ3v) is 6.32. The van der Waals surface area contributed by atoms with Crippen LogP contribution in [0.2, 0.25) is 0 Å². The molecular weight excluding hydrogens is 400 g/mol. The number of hydrogen-bond acceptors (Lipinski definition) is 5. The third-order valence-electron chi connectivity index (χ3n) is 5.28. The Morgan fingerprint density at radius 2 is 2.07 bits per heavy atom. The summed E-state index contributed by atoms with van der Waals surface area (Å²) in [5.41, 5.74) is 4.54. The summed E-state index contributed by atoms with van der Waals surface area (Å²) >= 11 is 1.85. The summed E-state index contributed by atoms with van der Waals surface area (Å²) in [4.78, 5) is 13.8. The first-order valence-electron chi connectivity index (χ1n) is 9.89. The van der Waals surface area contributed by atoms with E-state index in [-0.39, 0.29) is 11.5 Å². The van der Waals surface area contributed by atoms with Gasteiger partial charge in [0.2, 0.25) is 0 Å². The van der Waals surface area contributed by atoms with Gasteiger partial charge in [0.25, 0.3) is 0 Å². The van der Waals surface area contributed by atoms with E-state index in [1.807, 2.05) is 24.0 Å². The lowest BCUT2D eigenvalue weighted by molar-refractivity contribution is 0.143. The Bertz CT molecular complexity index is 1060. The zero-order valence-corrected chi connectivity index (χ0v) is 17.2. The molecule has 30 heavy (non-hydrogen) atoms. The molecular formula is C23H24N2O4S. The number of fused-ring (bicyclic) bond motifs is 1. The Morgan fingerprint density at radius 3 is 2.87 bits per heavy atom. The number of aromatic amines is 1. The molecule has 1 atom stereocenters. The van der Waals surface area contributed by atoms with Crippen molar-refractivity contribution in [3.63, 3.8) is 0 Å². The van der Waals surface area contributed by atoms with E-state index in [4.69, 9.17) is 5.11 Å². The molecule has 0 radical (unpaired) electrons. The topological polar surface area (TPSA) is 94.6 Å². The number of carboxylic acid groups (broad SMARTS) is 1. The number of aromatic nitrogens is 1. The van der Waals surface area contributed by atoms with E-state index in [2.05, 4.69) is 45.4 Å². The average Bonchev–Trinajstić information content (AvgIpc) is 3.13. The first kappa shape index (κ1) is 20.4. The number of rotatable bonds is 7. The molecule has 3 aromatic rings. The van der Waals surface area contributed by atoms with Gasteiger partial charge in [0.15, 0.2) is 11.5 Å². The molecule has 1 aliphatic rings. The standard InChI is InChI=1S/C23H24N2O4S/c26-21-11-19-17(13-25-20(19)12-22(21)29-23(27)28)14-30-9-7-18-10-16(6-8-24-18)15-4-2-1-3-5-15/h1-6,11-13,18,24-26H,7-10,14H2,(H,27,28). The highest BCUT2D eigenvalue weighted by molar-refractivity contribution is 7.98. The molecule has 6 nitrogen and oxygen atoms in total. The van der Waals surface area contributed by atoms with Gasteiger partial charge in [-0.2, -0.15) is 11.8 Å². The fraction of sp³-hybridized carbons (Fsp3) is 0.261. The molecule has 2 heterocycles. The fourth-order valence-corrected chi connectivity index (χ4v) is 4.82. The summed E-state index contributed by atoms with van der Waals surface area (Å²) in [7, 11) is 0. The quantitative estimate of drug-likeness (QED) is 0.242. The number of benzene rings is 2. The number of nitrogens with one attached hydrogen (secondary N) is 2. The van der Waals surface area contributed by atoms with E-state index < -0.39 is 6.16 Å². The molecule has 0 saturated carbocycles. The van der Waals surface area contributed by atoms with E-state index in [0.29, 0.717) is 6.04 Å². The van der Waals surface area contributed by atoms with Crippen molar-refractivity contribution in [3.05, 3.63) is 65.9 Å². The minimum Gasteiger partial charge on any atom is -0.504 e. The highest BCUT2D eigenvalue weighted by atomic mass is 32.2. The Hall–Kier alpha value is -2.90. The number of hydrogen-bond donors (Lipinski definition) is 4. The second kappa shape index (κ2) is 9.28. The van der Waals surface area contributed by atoms with Crippen molar-refractivity contribution in [1.82, 2.24) is 10.3 Å². The van der Waals surface area contributed by atoms with E-state index in [1.165, 1.54) is 17.2 Å². The van der Waals surface area contributed by atoms with E-state index in [9.17, 15) is 9.90 Å². The molecule has 0 bridgehead atoms. The van der Waals surface area contributed by atoms with Crippen molar-refractivity contribution in [2.45, 2.75) is 24.6 Å². The maximum absolute atomic E-state index is 10.7. The van der Waals surface area contributed by atoms with Gasteiger partial charge in [-0.3, -0.25) is 0 Å². The van der Waals surface area contributed by atoms with E-state index in [0.717, 1.165) is 47.4 Å². The second-order valence-electron chi connectivity index (χ2n) is 7.29. The van der Waals surface area contributed by atoms with Gasteiger partial charge in [-0.15, -0.1) is 0 Å². The molecule has 0 amide bonds. The molecule has 2 aromatic carbocycles. The normalized spacial score (nSPS) is 16.4. The molecule has 0 aliphatic carbocycles. The monoisotopic (exact) mass is 424 g/mol. The van der Waals surface area contributed by atoms with Gasteiger partial charge >= 0.3 is 6.16 Å². The van der Waals surface area contributed by atoms with Crippen LogP contribution in [0.15, 0.2) is 54.7 Å². The van der Waals surface area contributed by atoms with Crippen LogP contribution >= 0.6 is 11.8 Å². The predicted molar refractivity (Wildman–Crippen MR) is 120 cm³/mol. The Labute approximate surface area is 179 Å². The maximum Gasteiger partial charge on any atom is 0.511 e. The fourth-order valence-electron chi connectivity index (χ4n) is 3.76. The SMILES string of the molecule is O=C(O)Oc1cc2[nH]cc(CSCCC3CC(c4ccccc4)=CCN3)c2cc1O. The number of H-pyrrole nitrogens is 1. The predicted octanol–water partition coefficient (Wildman–Crippen LogP) is 5.00. The Balaban J connectivity index is 1.31. The van der Waals surface area contributed by atoms with Crippen molar-refractivity contribution < 1.29 is 19.7 Å². The Morgan fingerprint density at radius 1 is 1.23 bits per heavy atom. The average molecular weight is 425 g/mol. The lowest BCUT2D eigenvalue weighted by Gasteiger charge is -2.24. The summed E-state index contributed by atoms with van der Waals surface area (Å²) in [5.74, 6) is 1.59. The van der Waals surface area contributed by atoms with Crippen LogP contribution in [0.1, 0.15) is 24.0 Å². The number of phenolic OH excluding ortho intramolecular Hbond substituents is 1. The Kier molecular flexibility index (Phi) is 6.30. The minimum absolute atomic E-state index is 0.0679. The minimum atomic E-state index is -1.45. The molecule has 1 unspecified atom stereocenters. The van der Waals surface area contributed by atoms with Gasteiger partial charge in [0.1, 0.15) is 0 Å². The molecule has 4 rings (SSSR count). The van der Waals surface area contributed by atoms with Crippen LogP contribution in [-0.2, 0) is 5.75 Å². The van der Waals surface area contributed by atoms with Crippen molar-refractivity contribution in [2.75, 3.05) is 12.3 Å². The number of thioether (sulfide) groups is 1. The van der Waals surface area contributed by atoms with Crippen LogP contribution in [0.3, 0.4) is 0 Å². The molecule has 1 aromatic heterocycles. The third kappa shape index (κ3) is 4.80. The first-order valence-corrected chi connectivity index (χ1v) is 11.0. The van der Waals surface area contributed by atoms with Crippen molar-refractivity contribution in [1.29, 1.82) is 0 Å². The molecule has 156 valence electrons. The molecule has 0 fully saturated rings. The molecule has 1 aliphatic heterocycles. The molecule has 0 spiro atoms. The molecule has 4 N–H and O–H groups in total. The molecule has 7 heteroatoms. The van der Waals surface area contributed by atoms with Gasteiger partial charge in [0, 0.05) is 41.5 Å². The van der Waals surface area contributed by atoms with Crippen molar-refractivity contribution in [3.8, 4) is 11.5 Å². The summed E-state index contributed by atoms with van der Waals surface area (Å²) in [6, 6.07) is 14.1. The van der Waals surface area contributed by atoms with Crippen LogP contribution < -0.4 is 10.1 Å². The van der Waals surface area contributed by atoms with E-state index >= 15 is 0 Å². The smallest absolute Gasteiger partial charge is 0.504 e. The van der Waals surface area contributed by atoms with Crippen LogP contribution in [0.5, 0.6) is 11.5 Å². The zero-order valence-electron chi connectivity index (χ0n) is 16.4. The molecule has 0 saturated heterocycles. The number of carbonyl (C=O) groups is 1. The number of ether oxygens (including phenoxy) is 1. The van der Waals surface area contributed by atoms with Crippen molar-refractivity contribution in [2.24, 2.45) is 0 Å². The van der Waals surface area contributed by atoms with Crippen LogP contribution in [0.25, 0.3) is 16.5 Å². The number of aromatic hydroxyl groups is 1. The highest BCUT2D eigenvalue weighted by Gasteiger charge is 2.16. The van der Waals surface area contributed by atoms with Gasteiger partial charge in [-0.25, -0.2) is 4.79 Å². The summed E-state index contributed by atoms with van der Waals surface area (Å²) in [6.07, 6.45) is 4.85.